The van der Waals surface area contributed by atoms with Crippen molar-refractivity contribution >= 4 is 17.8 Å². The summed E-state index contributed by atoms with van der Waals surface area (Å²) in [6.07, 6.45) is -3.56. The Morgan fingerprint density at radius 1 is 0.725 bits per heavy atom. The van der Waals surface area contributed by atoms with E-state index < -0.39 is 48.3 Å². The molecule has 1 fully saturated rings. The highest BCUT2D eigenvalue weighted by molar-refractivity contribution is 5.90. The summed E-state index contributed by atoms with van der Waals surface area (Å²) in [6.45, 7) is 3.71. The number of carbonyl (C=O) groups is 3. The van der Waals surface area contributed by atoms with Crippen LogP contribution in [0, 0.1) is 11.7 Å². The maximum Gasteiger partial charge on any atom is 0.338 e. The topological polar surface area (TPSA) is 100 Å². The Kier molecular flexibility index (Phi) is 11.2. The average molecular weight is 688 g/mol. The van der Waals surface area contributed by atoms with Crippen molar-refractivity contribution in [3.05, 3.63) is 162 Å². The lowest BCUT2D eigenvalue weighted by molar-refractivity contribution is -0.257. The monoisotopic (exact) mass is 687 g/mol. The number of halogens is 1. The molecule has 5 aromatic carbocycles. The van der Waals surface area contributed by atoms with Gasteiger partial charge in [0.15, 0.2) is 6.10 Å². The molecular formula is C42H38FNO7. The molecule has 1 heterocycles. The molecule has 0 aromatic heterocycles. The summed E-state index contributed by atoms with van der Waals surface area (Å²) in [5.41, 5.74) is 3.61. The zero-order chi connectivity index (χ0) is 35.7. The van der Waals surface area contributed by atoms with Crippen molar-refractivity contribution < 1.29 is 37.7 Å². The van der Waals surface area contributed by atoms with Crippen molar-refractivity contribution in [1.29, 1.82) is 0 Å². The number of hydrogen-bond acceptors (Lipinski definition) is 7. The summed E-state index contributed by atoms with van der Waals surface area (Å²) in [4.78, 5) is 38.7. The van der Waals surface area contributed by atoms with E-state index in [0.29, 0.717) is 41.0 Å². The van der Waals surface area contributed by atoms with E-state index in [1.54, 1.807) is 84.9 Å². The Morgan fingerprint density at radius 3 is 1.94 bits per heavy atom. The van der Waals surface area contributed by atoms with Gasteiger partial charge in [0.25, 0.3) is 0 Å². The fraction of sp³-hybridized carbons (Fsp3) is 0.214. The number of amides is 1. The zero-order valence-electron chi connectivity index (χ0n) is 28.2. The molecule has 8 nitrogen and oxygen atoms in total. The molecule has 0 bridgehead atoms. The smallest absolute Gasteiger partial charge is 0.338 e. The standard InChI is InChI=1S/C42H38FNO7/c1-27-37(30-13-6-3-7-14-30)51-42(48-35-22-21-29(23-24-44-28(2)45)36(26-35)33-19-12-20-34(43)25-33)39(50-41(47)32-17-10-5-11-18-32)38(27)49-40(46)31-15-8-4-9-16-31/h3-22,25-27,37-39,42H,23-24H2,1-2H3,(H,44,45)/t27-,37+,38+,39+,42+/m0/s1. The third-order valence-electron chi connectivity index (χ3n) is 8.74. The summed E-state index contributed by atoms with van der Waals surface area (Å²) >= 11 is 0. The van der Waals surface area contributed by atoms with Crippen LogP contribution in [-0.4, -0.2) is 42.9 Å². The second-order valence-electron chi connectivity index (χ2n) is 12.3. The maximum atomic E-state index is 14.4. The lowest BCUT2D eigenvalue weighted by Crippen LogP contribution is -2.56. The van der Waals surface area contributed by atoms with Crippen LogP contribution in [0.4, 0.5) is 4.39 Å². The molecule has 51 heavy (non-hydrogen) atoms. The Balaban J connectivity index is 1.40. The molecule has 1 N–H and O–H groups in total. The summed E-state index contributed by atoms with van der Waals surface area (Å²) < 4.78 is 40.0. The van der Waals surface area contributed by atoms with Gasteiger partial charge in [-0.2, -0.15) is 0 Å². The average Bonchev–Trinajstić information content (AvgIpc) is 3.15. The number of benzene rings is 5. The summed E-state index contributed by atoms with van der Waals surface area (Å²) in [5.74, 6) is -1.92. The number of esters is 2. The van der Waals surface area contributed by atoms with Crippen LogP contribution >= 0.6 is 0 Å². The first-order valence-electron chi connectivity index (χ1n) is 16.8. The van der Waals surface area contributed by atoms with Gasteiger partial charge in [-0.1, -0.05) is 91.9 Å². The van der Waals surface area contributed by atoms with Gasteiger partial charge in [0.1, 0.15) is 11.6 Å². The van der Waals surface area contributed by atoms with Gasteiger partial charge in [-0.3, -0.25) is 4.79 Å². The molecule has 0 aliphatic carbocycles. The minimum Gasteiger partial charge on any atom is -0.461 e. The van der Waals surface area contributed by atoms with Gasteiger partial charge in [0.2, 0.25) is 18.3 Å². The molecule has 1 aliphatic rings. The molecule has 0 unspecified atom stereocenters. The van der Waals surface area contributed by atoms with Gasteiger partial charge in [-0.25, -0.2) is 14.0 Å². The van der Waals surface area contributed by atoms with E-state index in [2.05, 4.69) is 5.32 Å². The van der Waals surface area contributed by atoms with Gasteiger partial charge >= 0.3 is 11.9 Å². The SMILES string of the molecule is CC(=O)NCCc1ccc(O[C@@H]2O[C@@H](c3ccccc3)[C@H](C)[C@@H](OC(=O)c3ccccc3)[C@H]2OC(=O)c2ccccc2)cc1-c1cccc(F)c1. The molecule has 260 valence electrons. The van der Waals surface area contributed by atoms with E-state index in [1.807, 2.05) is 43.3 Å². The van der Waals surface area contributed by atoms with E-state index in [4.69, 9.17) is 18.9 Å². The van der Waals surface area contributed by atoms with E-state index in [1.165, 1.54) is 19.1 Å². The van der Waals surface area contributed by atoms with E-state index in [0.717, 1.165) is 11.1 Å². The highest BCUT2D eigenvalue weighted by atomic mass is 19.1. The highest BCUT2D eigenvalue weighted by Gasteiger charge is 2.50. The molecule has 5 aromatic rings. The number of ether oxygens (including phenoxy) is 4. The summed E-state index contributed by atoms with van der Waals surface area (Å²) in [6, 6.07) is 38.1. The quantitative estimate of drug-likeness (QED) is 0.142. The Morgan fingerprint density at radius 2 is 1.33 bits per heavy atom. The number of rotatable bonds is 11. The van der Waals surface area contributed by atoms with Crippen LogP contribution in [-0.2, 0) is 25.4 Å². The third kappa shape index (κ3) is 8.69. The Bertz CT molecular complexity index is 1950. The van der Waals surface area contributed by atoms with Crippen molar-refractivity contribution in [1.82, 2.24) is 5.32 Å². The van der Waals surface area contributed by atoms with Gasteiger partial charge in [0.05, 0.1) is 17.2 Å². The second kappa shape index (κ2) is 16.3. The molecule has 0 spiro atoms. The maximum absolute atomic E-state index is 14.4. The van der Waals surface area contributed by atoms with Crippen molar-refractivity contribution in [3.63, 3.8) is 0 Å². The molecule has 0 radical (unpaired) electrons. The number of carbonyl (C=O) groups excluding carboxylic acids is 3. The predicted octanol–water partition coefficient (Wildman–Crippen LogP) is 7.74. The minimum absolute atomic E-state index is 0.155. The Hall–Kier alpha value is -5.80. The van der Waals surface area contributed by atoms with Crippen LogP contribution < -0.4 is 10.1 Å². The summed E-state index contributed by atoms with van der Waals surface area (Å²) in [7, 11) is 0. The lowest BCUT2D eigenvalue weighted by Gasteiger charge is -2.44. The third-order valence-corrected chi connectivity index (χ3v) is 8.74. The van der Waals surface area contributed by atoms with E-state index in [9.17, 15) is 18.8 Å². The first-order chi connectivity index (χ1) is 24.8. The van der Waals surface area contributed by atoms with Gasteiger partial charge in [0, 0.05) is 19.4 Å². The molecule has 1 aliphatic heterocycles. The van der Waals surface area contributed by atoms with Gasteiger partial charge < -0.3 is 24.3 Å². The highest BCUT2D eigenvalue weighted by Crippen LogP contribution is 2.41. The molecular weight excluding hydrogens is 649 g/mol. The normalized spacial score (nSPS) is 19.8. The molecule has 1 saturated heterocycles. The lowest BCUT2D eigenvalue weighted by atomic mass is 9.86. The van der Waals surface area contributed by atoms with Crippen molar-refractivity contribution in [2.24, 2.45) is 5.92 Å². The zero-order valence-corrected chi connectivity index (χ0v) is 28.2. The fourth-order valence-electron chi connectivity index (χ4n) is 6.20. The van der Waals surface area contributed by atoms with Crippen LogP contribution in [0.15, 0.2) is 133 Å². The van der Waals surface area contributed by atoms with E-state index in [-0.39, 0.29) is 5.91 Å². The van der Waals surface area contributed by atoms with Crippen LogP contribution in [0.5, 0.6) is 5.75 Å². The first kappa shape index (κ1) is 35.0. The molecule has 1 amide bonds. The first-order valence-corrected chi connectivity index (χ1v) is 16.8. The van der Waals surface area contributed by atoms with Gasteiger partial charge in [-0.15, -0.1) is 0 Å². The van der Waals surface area contributed by atoms with Crippen LogP contribution in [0.25, 0.3) is 11.1 Å². The largest absolute Gasteiger partial charge is 0.461 e. The van der Waals surface area contributed by atoms with E-state index >= 15 is 0 Å². The van der Waals surface area contributed by atoms with Gasteiger partial charge in [-0.05, 0) is 77.2 Å². The predicted molar refractivity (Wildman–Crippen MR) is 189 cm³/mol. The molecule has 6 rings (SSSR count). The van der Waals surface area contributed by atoms with Crippen LogP contribution in [0.1, 0.15) is 51.8 Å². The molecule has 0 saturated carbocycles. The minimum atomic E-state index is -1.24. The summed E-state index contributed by atoms with van der Waals surface area (Å²) in [5, 5.41) is 2.80. The van der Waals surface area contributed by atoms with Crippen LogP contribution in [0.2, 0.25) is 0 Å². The second-order valence-corrected chi connectivity index (χ2v) is 12.3. The van der Waals surface area contributed by atoms with Crippen LogP contribution in [0.3, 0.4) is 0 Å². The fourth-order valence-corrected chi connectivity index (χ4v) is 6.20. The molecule has 5 atom stereocenters. The number of hydrogen-bond donors (Lipinski definition) is 1. The van der Waals surface area contributed by atoms with Crippen molar-refractivity contribution in [3.8, 4) is 16.9 Å². The number of nitrogens with one attached hydrogen (secondary N) is 1. The Labute approximate surface area is 296 Å². The van der Waals surface area contributed by atoms with Crippen molar-refractivity contribution in [2.45, 2.75) is 44.9 Å². The van der Waals surface area contributed by atoms with Crippen molar-refractivity contribution in [2.75, 3.05) is 6.54 Å². The molecule has 9 heteroatoms.